The molecule has 31 heavy (non-hydrogen) atoms. The van der Waals surface area contributed by atoms with Gasteiger partial charge in [-0.3, -0.25) is 9.00 Å². The van der Waals surface area contributed by atoms with Crippen LogP contribution in [0.2, 0.25) is 10.0 Å². The maximum absolute atomic E-state index is 12.8. The molecule has 3 aromatic rings. The van der Waals surface area contributed by atoms with Crippen LogP contribution in [0.25, 0.3) is 0 Å². The van der Waals surface area contributed by atoms with Crippen molar-refractivity contribution >= 4 is 45.6 Å². The van der Waals surface area contributed by atoms with Crippen molar-refractivity contribution in [3.05, 3.63) is 87.8 Å². The number of benzene rings is 2. The van der Waals surface area contributed by atoms with Gasteiger partial charge in [0.05, 0.1) is 5.75 Å². The Labute approximate surface area is 194 Å². The van der Waals surface area contributed by atoms with E-state index >= 15 is 0 Å². The number of rotatable bonds is 6. The Morgan fingerprint density at radius 2 is 1.65 bits per heavy atom. The Kier molecular flexibility index (Phi) is 7.00. The molecule has 1 aromatic heterocycles. The summed E-state index contributed by atoms with van der Waals surface area (Å²) in [6.07, 6.45) is 0. The average molecular weight is 477 g/mol. The predicted octanol–water partition coefficient (Wildman–Crippen LogP) is 5.00. The van der Waals surface area contributed by atoms with Crippen LogP contribution >= 0.6 is 23.2 Å². The minimum absolute atomic E-state index is 0.136. The van der Waals surface area contributed by atoms with Gasteiger partial charge in [0.2, 0.25) is 0 Å². The molecular weight excluding hydrogens is 455 g/mol. The fraction of sp³-hybridized carbons (Fsp3) is 0.261. The van der Waals surface area contributed by atoms with Gasteiger partial charge in [-0.05, 0) is 54.1 Å². The number of piperazine rings is 1. The van der Waals surface area contributed by atoms with E-state index < -0.39 is 10.8 Å². The van der Waals surface area contributed by atoms with Gasteiger partial charge in [0.1, 0.15) is 5.76 Å². The average Bonchev–Trinajstić information content (AvgIpc) is 3.22. The molecule has 0 spiro atoms. The largest absolute Gasteiger partial charge is 0.455 e. The highest BCUT2D eigenvalue weighted by atomic mass is 35.5. The minimum Gasteiger partial charge on any atom is -0.455 e. The lowest BCUT2D eigenvalue weighted by molar-refractivity contribution is 0.0713. The summed E-state index contributed by atoms with van der Waals surface area (Å²) in [6.45, 7) is 2.70. The highest BCUT2D eigenvalue weighted by Crippen LogP contribution is 2.21. The molecule has 2 heterocycles. The van der Waals surface area contributed by atoms with Crippen molar-refractivity contribution < 1.29 is 13.4 Å². The summed E-state index contributed by atoms with van der Waals surface area (Å²) in [4.78, 5) is 16.8. The molecule has 8 heteroatoms. The molecule has 1 unspecified atom stereocenters. The molecule has 1 atom stereocenters. The number of nitrogens with zero attached hydrogens (tertiary/aromatic N) is 2. The van der Waals surface area contributed by atoms with Crippen LogP contribution in [0, 0.1) is 0 Å². The van der Waals surface area contributed by atoms with E-state index in [2.05, 4.69) is 4.90 Å². The molecule has 0 aliphatic carbocycles. The molecule has 0 saturated carbocycles. The first-order chi connectivity index (χ1) is 15.0. The molecule has 1 amide bonds. The number of amides is 1. The van der Waals surface area contributed by atoms with Gasteiger partial charge in [-0.1, -0.05) is 35.3 Å². The Bertz CT molecular complexity index is 1080. The van der Waals surface area contributed by atoms with Gasteiger partial charge in [-0.15, -0.1) is 0 Å². The lowest BCUT2D eigenvalue weighted by atomic mass is 10.2. The fourth-order valence-corrected chi connectivity index (χ4v) is 5.03. The van der Waals surface area contributed by atoms with Crippen molar-refractivity contribution in [1.29, 1.82) is 0 Å². The number of hydrogen-bond donors (Lipinski definition) is 0. The van der Waals surface area contributed by atoms with Crippen LogP contribution < -0.4 is 4.90 Å². The van der Waals surface area contributed by atoms with E-state index in [1.807, 2.05) is 36.4 Å². The maximum Gasteiger partial charge on any atom is 0.289 e. The van der Waals surface area contributed by atoms with E-state index in [0.717, 1.165) is 24.3 Å². The van der Waals surface area contributed by atoms with Gasteiger partial charge >= 0.3 is 0 Å². The third kappa shape index (κ3) is 5.70. The van der Waals surface area contributed by atoms with E-state index in [1.54, 1.807) is 29.2 Å². The van der Waals surface area contributed by atoms with E-state index in [0.29, 0.717) is 34.6 Å². The second-order valence-corrected chi connectivity index (χ2v) is 9.71. The summed E-state index contributed by atoms with van der Waals surface area (Å²) in [5.74, 6) is 1.34. The normalized spacial score (nSPS) is 15.2. The maximum atomic E-state index is 12.8. The third-order valence-electron chi connectivity index (χ3n) is 5.15. The minimum atomic E-state index is -1.16. The number of hydrogen-bond acceptors (Lipinski definition) is 4. The van der Waals surface area contributed by atoms with Crippen LogP contribution in [0.15, 0.2) is 65.1 Å². The second kappa shape index (κ2) is 9.90. The summed E-state index contributed by atoms with van der Waals surface area (Å²) < 4.78 is 18.2. The summed E-state index contributed by atoms with van der Waals surface area (Å²) in [7, 11) is -1.16. The smallest absolute Gasteiger partial charge is 0.289 e. The molecule has 0 radical (unpaired) electrons. The molecule has 0 N–H and O–H groups in total. The Morgan fingerprint density at radius 1 is 0.903 bits per heavy atom. The Hall–Kier alpha value is -2.28. The van der Waals surface area contributed by atoms with Crippen LogP contribution in [0.3, 0.4) is 0 Å². The van der Waals surface area contributed by atoms with E-state index in [4.69, 9.17) is 27.6 Å². The summed E-state index contributed by atoms with van der Waals surface area (Å²) in [5.41, 5.74) is 2.01. The zero-order chi connectivity index (χ0) is 21.8. The molecule has 1 aliphatic heterocycles. The van der Waals surface area contributed by atoms with Gasteiger partial charge in [0.15, 0.2) is 5.76 Å². The molecule has 5 nitrogen and oxygen atoms in total. The zero-order valence-corrected chi connectivity index (χ0v) is 19.1. The van der Waals surface area contributed by atoms with Crippen molar-refractivity contribution in [1.82, 2.24) is 4.90 Å². The van der Waals surface area contributed by atoms with Gasteiger partial charge < -0.3 is 14.2 Å². The summed E-state index contributed by atoms with van der Waals surface area (Å²) >= 11 is 11.9. The first kappa shape index (κ1) is 21.9. The Balaban J connectivity index is 1.31. The third-order valence-corrected chi connectivity index (χ3v) is 6.90. The van der Waals surface area contributed by atoms with Crippen LogP contribution in [0.1, 0.15) is 21.9 Å². The van der Waals surface area contributed by atoms with Crippen LogP contribution in [0.4, 0.5) is 5.69 Å². The standard InChI is InChI=1S/C23H22Cl2N2O3S/c24-18-4-6-20(7-5-18)26-10-12-27(13-11-26)23(28)22-9-8-21(30-22)16-31(29)15-17-2-1-3-19(25)14-17/h1-9,14H,10-13,15-16H2. The van der Waals surface area contributed by atoms with Gasteiger partial charge in [0, 0.05) is 58.5 Å². The SMILES string of the molecule is O=C(c1ccc(CS(=O)Cc2cccc(Cl)c2)o1)N1CCN(c2ccc(Cl)cc2)CC1. The van der Waals surface area contributed by atoms with E-state index in [-0.39, 0.29) is 17.4 Å². The van der Waals surface area contributed by atoms with E-state index in [1.165, 1.54) is 0 Å². The predicted molar refractivity (Wildman–Crippen MR) is 125 cm³/mol. The van der Waals surface area contributed by atoms with Crippen molar-refractivity contribution in [2.75, 3.05) is 31.1 Å². The number of carbonyl (C=O) groups is 1. The fourth-order valence-electron chi connectivity index (χ4n) is 3.57. The monoisotopic (exact) mass is 476 g/mol. The van der Waals surface area contributed by atoms with Gasteiger partial charge in [0.25, 0.3) is 5.91 Å². The van der Waals surface area contributed by atoms with Crippen molar-refractivity contribution in [2.24, 2.45) is 0 Å². The lowest BCUT2D eigenvalue weighted by Gasteiger charge is -2.35. The molecule has 1 saturated heterocycles. The number of carbonyl (C=O) groups excluding carboxylic acids is 1. The molecule has 0 bridgehead atoms. The van der Waals surface area contributed by atoms with Crippen LogP contribution in [0.5, 0.6) is 0 Å². The first-order valence-electron chi connectivity index (χ1n) is 9.96. The second-order valence-electron chi connectivity index (χ2n) is 7.38. The van der Waals surface area contributed by atoms with Crippen molar-refractivity contribution in [2.45, 2.75) is 11.5 Å². The van der Waals surface area contributed by atoms with E-state index in [9.17, 15) is 9.00 Å². The van der Waals surface area contributed by atoms with Gasteiger partial charge in [-0.2, -0.15) is 0 Å². The first-order valence-corrected chi connectivity index (χ1v) is 12.2. The molecule has 1 aliphatic rings. The highest BCUT2D eigenvalue weighted by molar-refractivity contribution is 7.83. The molecule has 4 rings (SSSR count). The Morgan fingerprint density at radius 3 is 2.35 bits per heavy atom. The number of anilines is 1. The molecular formula is C23H22Cl2N2O3S. The van der Waals surface area contributed by atoms with Crippen molar-refractivity contribution in [3.63, 3.8) is 0 Å². The summed E-state index contributed by atoms with van der Waals surface area (Å²) in [5, 5.41) is 1.33. The highest BCUT2D eigenvalue weighted by Gasteiger charge is 2.24. The summed E-state index contributed by atoms with van der Waals surface area (Å²) in [6, 6.07) is 18.4. The molecule has 2 aromatic carbocycles. The quantitative estimate of drug-likeness (QED) is 0.502. The molecule has 1 fully saturated rings. The number of halogens is 2. The topological polar surface area (TPSA) is 53.8 Å². The molecule has 162 valence electrons. The van der Waals surface area contributed by atoms with Crippen LogP contribution in [-0.2, 0) is 22.3 Å². The van der Waals surface area contributed by atoms with Gasteiger partial charge in [-0.25, -0.2) is 0 Å². The number of furan rings is 1. The zero-order valence-electron chi connectivity index (χ0n) is 16.8. The lowest BCUT2D eigenvalue weighted by Crippen LogP contribution is -2.48. The van der Waals surface area contributed by atoms with Crippen molar-refractivity contribution in [3.8, 4) is 0 Å². The van der Waals surface area contributed by atoms with Crippen LogP contribution in [-0.4, -0.2) is 41.2 Å².